The fourth-order valence-electron chi connectivity index (χ4n) is 1.84. The van der Waals surface area contributed by atoms with Gasteiger partial charge in [0.05, 0.1) is 10.0 Å². The van der Waals surface area contributed by atoms with Crippen LogP contribution in [0, 0.1) is 5.41 Å². The van der Waals surface area contributed by atoms with Crippen LogP contribution in [0.3, 0.4) is 0 Å². The number of hydrogen-bond acceptors (Lipinski definition) is 2. The highest BCUT2D eigenvalue weighted by Crippen LogP contribution is 2.46. The molecule has 0 radical (unpaired) electrons. The molecule has 1 nitrogen and oxygen atoms in total. The molecule has 0 saturated carbocycles. The number of phenols is 1. The first-order valence-corrected chi connectivity index (χ1v) is 8.22. The maximum absolute atomic E-state index is 9.55. The second-order valence-corrected chi connectivity index (χ2v) is 8.10. The normalized spacial score (nSPS) is 13.6. The van der Waals surface area contributed by atoms with Gasteiger partial charge < -0.3 is 5.11 Å². The number of rotatable bonds is 5. The lowest BCUT2D eigenvalue weighted by molar-refractivity contribution is 0.323. The van der Waals surface area contributed by atoms with Crippen molar-refractivity contribution in [2.75, 3.05) is 0 Å². The summed E-state index contributed by atoms with van der Waals surface area (Å²) < 4.78 is 0. The molecule has 1 aromatic carbocycles. The Morgan fingerprint density at radius 1 is 1.26 bits per heavy atom. The Kier molecular flexibility index (Phi) is 6.19. The van der Waals surface area contributed by atoms with E-state index in [0.29, 0.717) is 15.3 Å². The van der Waals surface area contributed by atoms with Crippen LogP contribution in [-0.4, -0.2) is 10.4 Å². The summed E-state index contributed by atoms with van der Waals surface area (Å²) >= 11 is 19.8. The number of halogens is 3. The molecule has 0 aliphatic heterocycles. The molecule has 0 aromatic heterocycles. The van der Waals surface area contributed by atoms with Crippen molar-refractivity contribution in [3.8, 4) is 5.75 Å². The van der Waals surface area contributed by atoms with Gasteiger partial charge in [0.15, 0.2) is 0 Å². The minimum absolute atomic E-state index is 0.0810. The lowest BCUT2D eigenvalue weighted by atomic mass is 9.85. The van der Waals surface area contributed by atoms with Crippen molar-refractivity contribution in [2.45, 2.75) is 50.7 Å². The maximum Gasteiger partial charge on any atom is 0.137 e. The summed E-state index contributed by atoms with van der Waals surface area (Å²) in [6.07, 6.45) is 2.18. The summed E-state index contributed by atoms with van der Waals surface area (Å²) in [6.45, 7) is 8.83. The first kappa shape index (κ1) is 17.3. The lowest BCUT2D eigenvalue weighted by Gasteiger charge is -2.26. The third-order valence-electron chi connectivity index (χ3n) is 3.21. The Balaban J connectivity index is 2.92. The van der Waals surface area contributed by atoms with Crippen molar-refractivity contribution >= 4 is 46.6 Å². The van der Waals surface area contributed by atoms with Crippen LogP contribution in [0.4, 0.5) is 0 Å². The van der Waals surface area contributed by atoms with Gasteiger partial charge in [-0.15, -0.1) is 11.8 Å². The highest BCUT2D eigenvalue weighted by atomic mass is 35.5. The van der Waals surface area contributed by atoms with Crippen molar-refractivity contribution in [2.24, 2.45) is 5.41 Å². The van der Waals surface area contributed by atoms with E-state index in [2.05, 4.69) is 27.7 Å². The van der Waals surface area contributed by atoms with Crippen LogP contribution in [0.1, 0.15) is 40.5 Å². The minimum Gasteiger partial charge on any atom is -0.506 e. The van der Waals surface area contributed by atoms with E-state index in [-0.39, 0.29) is 16.2 Å². The summed E-state index contributed by atoms with van der Waals surface area (Å²) in [5, 5.41) is 10.9. The Labute approximate surface area is 134 Å². The molecular weight excluding hydrogens is 323 g/mol. The Bertz CT molecular complexity index is 460. The fourth-order valence-corrected chi connectivity index (χ4v) is 4.07. The molecule has 19 heavy (non-hydrogen) atoms. The second kappa shape index (κ2) is 6.80. The first-order valence-electron chi connectivity index (χ1n) is 6.21. The predicted molar refractivity (Wildman–Crippen MR) is 87.1 cm³/mol. The van der Waals surface area contributed by atoms with E-state index < -0.39 is 0 Å². The van der Waals surface area contributed by atoms with Gasteiger partial charge in [0, 0.05) is 16.2 Å². The molecule has 5 heteroatoms. The van der Waals surface area contributed by atoms with E-state index in [1.807, 2.05) is 0 Å². The zero-order valence-electron chi connectivity index (χ0n) is 11.6. The van der Waals surface area contributed by atoms with Gasteiger partial charge in [0.1, 0.15) is 10.8 Å². The van der Waals surface area contributed by atoms with Crippen LogP contribution in [0.5, 0.6) is 5.75 Å². The van der Waals surface area contributed by atoms with Gasteiger partial charge in [-0.3, -0.25) is 0 Å². The number of aromatic hydroxyl groups is 1. The zero-order chi connectivity index (χ0) is 14.8. The molecule has 0 aliphatic rings. The number of thioether (sulfide) groups is 1. The molecule has 0 amide bonds. The lowest BCUT2D eigenvalue weighted by Crippen LogP contribution is -2.15. The fraction of sp³-hybridized carbons (Fsp3) is 0.571. The number of hydrogen-bond donors (Lipinski definition) is 1. The van der Waals surface area contributed by atoms with Crippen molar-refractivity contribution in [1.82, 2.24) is 0 Å². The third-order valence-corrected chi connectivity index (χ3v) is 5.82. The molecule has 0 saturated heterocycles. The molecule has 0 heterocycles. The van der Waals surface area contributed by atoms with Gasteiger partial charge in [-0.1, -0.05) is 68.9 Å². The second-order valence-electron chi connectivity index (χ2n) is 5.48. The Morgan fingerprint density at radius 2 is 1.84 bits per heavy atom. The van der Waals surface area contributed by atoms with Crippen molar-refractivity contribution < 1.29 is 5.11 Å². The first-order chi connectivity index (χ1) is 8.68. The van der Waals surface area contributed by atoms with Gasteiger partial charge >= 0.3 is 0 Å². The van der Waals surface area contributed by atoms with Crippen LogP contribution < -0.4 is 0 Å². The molecule has 108 valence electrons. The molecule has 1 atom stereocenters. The van der Waals surface area contributed by atoms with Crippen molar-refractivity contribution in [1.29, 1.82) is 0 Å². The van der Waals surface area contributed by atoms with Crippen LogP contribution in [0.15, 0.2) is 11.0 Å². The molecule has 0 bridgehead atoms. The van der Waals surface area contributed by atoms with Gasteiger partial charge in [-0.05, 0) is 11.8 Å². The highest BCUT2D eigenvalue weighted by molar-refractivity contribution is 8.00. The monoisotopic (exact) mass is 340 g/mol. The third kappa shape index (κ3) is 4.63. The van der Waals surface area contributed by atoms with Crippen molar-refractivity contribution in [3.05, 3.63) is 21.1 Å². The Morgan fingerprint density at radius 3 is 2.37 bits per heavy atom. The van der Waals surface area contributed by atoms with Gasteiger partial charge in [0.25, 0.3) is 0 Å². The van der Waals surface area contributed by atoms with Gasteiger partial charge in [-0.25, -0.2) is 0 Å². The zero-order valence-corrected chi connectivity index (χ0v) is 14.6. The predicted octanol–water partition coefficient (Wildman–Crippen LogP) is 6.66. The standard InChI is InChI=1S/C14H19Cl3OS/c1-5-14(3,4)7-8(2)19-13-9(15)6-10(18)11(16)12(13)17/h6,8,18H,5,7H2,1-4H3. The average molecular weight is 342 g/mol. The van der Waals surface area contributed by atoms with E-state index >= 15 is 0 Å². The summed E-state index contributed by atoms with van der Waals surface area (Å²) in [7, 11) is 0. The maximum atomic E-state index is 9.55. The molecule has 0 spiro atoms. The summed E-state index contributed by atoms with van der Waals surface area (Å²) in [4.78, 5) is 0.741. The minimum atomic E-state index is -0.0810. The van der Waals surface area contributed by atoms with Crippen LogP contribution in [-0.2, 0) is 0 Å². The van der Waals surface area contributed by atoms with Crippen LogP contribution >= 0.6 is 46.6 Å². The van der Waals surface area contributed by atoms with E-state index in [4.69, 9.17) is 34.8 Å². The average Bonchev–Trinajstić information content (AvgIpc) is 2.31. The van der Waals surface area contributed by atoms with E-state index in [1.54, 1.807) is 11.8 Å². The highest BCUT2D eigenvalue weighted by Gasteiger charge is 2.22. The molecule has 0 fully saturated rings. The van der Waals surface area contributed by atoms with Crippen LogP contribution in [0.2, 0.25) is 15.1 Å². The molecule has 1 N–H and O–H groups in total. The molecular formula is C14H19Cl3OS. The molecule has 1 rings (SSSR count). The molecule has 0 aliphatic carbocycles. The number of phenolic OH excluding ortho intramolecular Hbond substituents is 1. The smallest absolute Gasteiger partial charge is 0.137 e. The van der Waals surface area contributed by atoms with Gasteiger partial charge in [0.2, 0.25) is 0 Å². The molecule has 1 unspecified atom stereocenters. The quantitative estimate of drug-likeness (QED) is 0.477. The van der Waals surface area contributed by atoms with Crippen molar-refractivity contribution in [3.63, 3.8) is 0 Å². The SMILES string of the molecule is CCC(C)(C)CC(C)Sc1c(Cl)cc(O)c(Cl)c1Cl. The topological polar surface area (TPSA) is 20.2 Å². The summed E-state index contributed by atoms with van der Waals surface area (Å²) in [5.41, 5.74) is 0.284. The molecule has 1 aromatic rings. The van der Waals surface area contributed by atoms with Gasteiger partial charge in [-0.2, -0.15) is 0 Å². The largest absolute Gasteiger partial charge is 0.506 e. The summed E-state index contributed by atoms with van der Waals surface area (Å²) in [6, 6.07) is 1.44. The number of benzene rings is 1. The summed E-state index contributed by atoms with van der Waals surface area (Å²) in [5.74, 6) is -0.0810. The van der Waals surface area contributed by atoms with E-state index in [1.165, 1.54) is 6.07 Å². The van der Waals surface area contributed by atoms with E-state index in [0.717, 1.165) is 17.7 Å². The Hall–Kier alpha value is 0.240. The van der Waals surface area contributed by atoms with Crippen LogP contribution in [0.25, 0.3) is 0 Å². The van der Waals surface area contributed by atoms with E-state index in [9.17, 15) is 5.11 Å².